The Morgan fingerprint density at radius 1 is 1.24 bits per heavy atom. The Bertz CT molecular complexity index is 799. The molecule has 0 spiro atoms. The van der Waals surface area contributed by atoms with Gasteiger partial charge in [0.1, 0.15) is 0 Å². The van der Waals surface area contributed by atoms with Crippen LogP contribution in [0.2, 0.25) is 0 Å². The van der Waals surface area contributed by atoms with Crippen LogP contribution < -0.4 is 10.9 Å². The average molecular weight is 337 g/mol. The second-order valence-corrected chi connectivity index (χ2v) is 6.64. The molecule has 3 heterocycles. The number of nitrogens with one attached hydrogen (secondary N) is 2. The second-order valence-electron chi connectivity index (χ2n) is 6.64. The van der Waals surface area contributed by atoms with Crippen LogP contribution in [0.1, 0.15) is 30.8 Å². The molecule has 1 aromatic carbocycles. The zero-order valence-corrected chi connectivity index (χ0v) is 14.5. The van der Waals surface area contributed by atoms with E-state index in [1.807, 2.05) is 12.3 Å². The SMILES string of the molecule is CC(C1CC(c2ccccc2)NN1)N(C)Cc1nc2ncccn2n1. The molecule has 0 bridgehead atoms. The number of fused-ring (bicyclic) bond motifs is 1. The van der Waals surface area contributed by atoms with Crippen LogP contribution in [0.25, 0.3) is 5.78 Å². The summed E-state index contributed by atoms with van der Waals surface area (Å²) >= 11 is 0. The van der Waals surface area contributed by atoms with Crippen LogP contribution in [0.3, 0.4) is 0 Å². The van der Waals surface area contributed by atoms with E-state index in [-0.39, 0.29) is 0 Å². The van der Waals surface area contributed by atoms with Crippen LogP contribution in [-0.2, 0) is 6.54 Å². The fraction of sp³-hybridized carbons (Fsp3) is 0.389. The maximum atomic E-state index is 4.49. The molecule has 4 rings (SSSR count). The van der Waals surface area contributed by atoms with Gasteiger partial charge in [-0.15, -0.1) is 5.10 Å². The Hall–Kier alpha value is -2.35. The first-order chi connectivity index (χ1) is 12.2. The van der Waals surface area contributed by atoms with Gasteiger partial charge in [0.2, 0.25) is 0 Å². The third kappa shape index (κ3) is 3.39. The van der Waals surface area contributed by atoms with Crippen LogP contribution in [0.5, 0.6) is 0 Å². The predicted molar refractivity (Wildman–Crippen MR) is 95.6 cm³/mol. The highest BCUT2D eigenvalue weighted by molar-refractivity contribution is 5.25. The minimum Gasteiger partial charge on any atom is -0.295 e. The third-order valence-corrected chi connectivity index (χ3v) is 4.96. The average Bonchev–Trinajstić information content (AvgIpc) is 3.28. The monoisotopic (exact) mass is 337 g/mol. The minimum atomic E-state index is 0.347. The zero-order valence-electron chi connectivity index (χ0n) is 14.5. The van der Waals surface area contributed by atoms with Gasteiger partial charge < -0.3 is 0 Å². The van der Waals surface area contributed by atoms with Gasteiger partial charge in [-0.05, 0) is 32.0 Å². The van der Waals surface area contributed by atoms with E-state index in [0.29, 0.717) is 30.4 Å². The van der Waals surface area contributed by atoms with Crippen molar-refractivity contribution in [2.24, 2.45) is 0 Å². The number of likely N-dealkylation sites (N-methyl/N-ethyl adjacent to an activating group) is 1. The molecule has 0 saturated carbocycles. The molecule has 7 nitrogen and oxygen atoms in total. The lowest BCUT2D eigenvalue weighted by Gasteiger charge is -2.28. The molecule has 3 atom stereocenters. The van der Waals surface area contributed by atoms with Gasteiger partial charge >= 0.3 is 0 Å². The fourth-order valence-electron chi connectivity index (χ4n) is 3.32. The molecule has 1 fully saturated rings. The molecule has 2 aromatic heterocycles. The predicted octanol–water partition coefficient (Wildman–Crippen LogP) is 1.55. The quantitative estimate of drug-likeness (QED) is 0.736. The van der Waals surface area contributed by atoms with Crippen molar-refractivity contribution in [2.75, 3.05) is 7.05 Å². The summed E-state index contributed by atoms with van der Waals surface area (Å²) in [6.45, 7) is 2.93. The maximum Gasteiger partial charge on any atom is 0.252 e. The number of rotatable bonds is 5. The lowest BCUT2D eigenvalue weighted by molar-refractivity contribution is 0.201. The molecular formula is C18H23N7. The van der Waals surface area contributed by atoms with E-state index >= 15 is 0 Å². The molecule has 3 unspecified atom stereocenters. The van der Waals surface area contributed by atoms with Crippen molar-refractivity contribution in [1.82, 2.24) is 35.3 Å². The largest absolute Gasteiger partial charge is 0.295 e. The molecule has 1 saturated heterocycles. The van der Waals surface area contributed by atoms with Crippen molar-refractivity contribution in [3.63, 3.8) is 0 Å². The number of hydrogen-bond donors (Lipinski definition) is 2. The number of nitrogens with zero attached hydrogens (tertiary/aromatic N) is 5. The Labute approximate surface area is 147 Å². The number of aromatic nitrogens is 4. The number of benzene rings is 1. The number of hydrazine groups is 1. The Morgan fingerprint density at radius 3 is 2.88 bits per heavy atom. The van der Waals surface area contributed by atoms with Crippen LogP contribution in [0.15, 0.2) is 48.8 Å². The molecule has 7 heteroatoms. The summed E-state index contributed by atoms with van der Waals surface area (Å²) < 4.78 is 1.72. The third-order valence-electron chi connectivity index (χ3n) is 4.96. The first-order valence-electron chi connectivity index (χ1n) is 8.63. The Kier molecular flexibility index (Phi) is 4.44. The topological polar surface area (TPSA) is 70.4 Å². The molecular weight excluding hydrogens is 314 g/mol. The van der Waals surface area contributed by atoms with E-state index in [2.05, 4.69) is 75.1 Å². The lowest BCUT2D eigenvalue weighted by atomic mass is 9.98. The van der Waals surface area contributed by atoms with Gasteiger partial charge in [0, 0.05) is 30.5 Å². The van der Waals surface area contributed by atoms with E-state index < -0.39 is 0 Å². The highest BCUT2D eigenvalue weighted by atomic mass is 15.4. The molecule has 130 valence electrons. The highest BCUT2D eigenvalue weighted by Crippen LogP contribution is 2.24. The summed E-state index contributed by atoms with van der Waals surface area (Å²) in [6, 6.07) is 13.5. The van der Waals surface area contributed by atoms with E-state index in [0.717, 1.165) is 12.2 Å². The van der Waals surface area contributed by atoms with Crippen LogP contribution in [-0.4, -0.2) is 43.6 Å². The summed E-state index contributed by atoms with van der Waals surface area (Å²) in [7, 11) is 2.11. The van der Waals surface area contributed by atoms with E-state index in [9.17, 15) is 0 Å². The van der Waals surface area contributed by atoms with E-state index in [1.54, 1.807) is 10.7 Å². The standard InChI is InChI=1S/C18H23N7/c1-13(15-11-16(22-21-15)14-7-4-3-5-8-14)24(2)12-17-20-18-19-9-6-10-25(18)23-17/h3-10,13,15-16,21-22H,11-12H2,1-2H3. The molecule has 3 aromatic rings. The molecule has 0 aliphatic carbocycles. The van der Waals surface area contributed by atoms with Crippen LogP contribution >= 0.6 is 0 Å². The first-order valence-corrected chi connectivity index (χ1v) is 8.63. The lowest BCUT2D eigenvalue weighted by Crippen LogP contribution is -2.45. The molecule has 1 aliphatic heterocycles. The summed E-state index contributed by atoms with van der Waals surface area (Å²) in [5.74, 6) is 1.43. The first kappa shape index (κ1) is 16.1. The van der Waals surface area contributed by atoms with Crippen molar-refractivity contribution in [3.8, 4) is 0 Å². The second kappa shape index (κ2) is 6.87. The van der Waals surface area contributed by atoms with Gasteiger partial charge in [0.15, 0.2) is 5.82 Å². The normalized spacial score (nSPS) is 21.9. The zero-order chi connectivity index (χ0) is 17.2. The van der Waals surface area contributed by atoms with Gasteiger partial charge in [0.25, 0.3) is 5.78 Å². The fourth-order valence-corrected chi connectivity index (χ4v) is 3.32. The Morgan fingerprint density at radius 2 is 2.08 bits per heavy atom. The molecule has 0 radical (unpaired) electrons. The van der Waals surface area contributed by atoms with Crippen molar-refractivity contribution >= 4 is 5.78 Å². The molecule has 0 amide bonds. The molecule has 25 heavy (non-hydrogen) atoms. The van der Waals surface area contributed by atoms with Crippen LogP contribution in [0, 0.1) is 0 Å². The summed E-state index contributed by atoms with van der Waals surface area (Å²) in [5.41, 5.74) is 8.19. The van der Waals surface area contributed by atoms with Gasteiger partial charge in [-0.2, -0.15) is 4.98 Å². The van der Waals surface area contributed by atoms with Gasteiger partial charge in [-0.3, -0.25) is 10.3 Å². The highest BCUT2D eigenvalue weighted by Gasteiger charge is 2.31. The van der Waals surface area contributed by atoms with Gasteiger partial charge in [0.05, 0.1) is 6.54 Å². The van der Waals surface area contributed by atoms with Gasteiger partial charge in [-0.25, -0.2) is 14.9 Å². The Balaban J connectivity index is 1.39. The van der Waals surface area contributed by atoms with Crippen molar-refractivity contribution in [3.05, 3.63) is 60.2 Å². The van der Waals surface area contributed by atoms with Crippen molar-refractivity contribution in [1.29, 1.82) is 0 Å². The summed E-state index contributed by atoms with van der Waals surface area (Å²) in [6.07, 6.45) is 4.66. The smallest absolute Gasteiger partial charge is 0.252 e. The summed E-state index contributed by atoms with van der Waals surface area (Å²) in [4.78, 5) is 11.0. The van der Waals surface area contributed by atoms with E-state index in [1.165, 1.54) is 5.56 Å². The molecule has 2 N–H and O–H groups in total. The minimum absolute atomic E-state index is 0.347. The number of hydrogen-bond acceptors (Lipinski definition) is 6. The van der Waals surface area contributed by atoms with Crippen LogP contribution in [0.4, 0.5) is 0 Å². The van der Waals surface area contributed by atoms with Gasteiger partial charge in [-0.1, -0.05) is 30.3 Å². The van der Waals surface area contributed by atoms with Crippen molar-refractivity contribution < 1.29 is 0 Å². The summed E-state index contributed by atoms with van der Waals surface area (Å²) in [5, 5.41) is 4.49. The maximum absolute atomic E-state index is 4.49. The molecule has 1 aliphatic rings. The van der Waals surface area contributed by atoms with Crippen molar-refractivity contribution in [2.45, 2.75) is 38.0 Å². The van der Waals surface area contributed by atoms with E-state index in [4.69, 9.17) is 0 Å².